The van der Waals surface area contributed by atoms with Crippen molar-refractivity contribution in [3.63, 3.8) is 0 Å². The lowest BCUT2D eigenvalue weighted by Gasteiger charge is -2.22. The van der Waals surface area contributed by atoms with Gasteiger partial charge in [-0.15, -0.1) is 0 Å². The Labute approximate surface area is 72.4 Å². The van der Waals surface area contributed by atoms with Crippen LogP contribution in [-0.4, -0.2) is 45.4 Å². The van der Waals surface area contributed by atoms with Gasteiger partial charge in [0.15, 0.2) is 6.54 Å². The monoisotopic (exact) mass is 174 g/mol. The molecule has 1 aliphatic heterocycles. The summed E-state index contributed by atoms with van der Waals surface area (Å²) in [5.41, 5.74) is 0. The highest BCUT2D eigenvalue weighted by molar-refractivity contribution is 5.70. The van der Waals surface area contributed by atoms with Gasteiger partial charge in [0.2, 0.25) is 0 Å². The van der Waals surface area contributed by atoms with Gasteiger partial charge in [-0.05, 0) is 6.92 Å². The SMILES string of the molecule is CCOC(=O)C[NH+]1CCOCC1. The summed E-state index contributed by atoms with van der Waals surface area (Å²) < 4.78 is 10.0. The third-order valence-electron chi connectivity index (χ3n) is 1.90. The maximum atomic E-state index is 11.0. The molecule has 0 aromatic heterocycles. The third kappa shape index (κ3) is 3.19. The van der Waals surface area contributed by atoms with Crippen molar-refractivity contribution >= 4 is 5.97 Å². The van der Waals surface area contributed by atoms with Gasteiger partial charge < -0.3 is 14.4 Å². The Morgan fingerprint density at radius 2 is 2.17 bits per heavy atom. The average Bonchev–Trinajstić information content (AvgIpc) is 2.06. The maximum Gasteiger partial charge on any atom is 0.361 e. The van der Waals surface area contributed by atoms with Gasteiger partial charge in [-0.25, -0.2) is 4.79 Å². The first kappa shape index (κ1) is 9.48. The van der Waals surface area contributed by atoms with E-state index in [0.29, 0.717) is 13.2 Å². The molecule has 0 aromatic carbocycles. The first-order chi connectivity index (χ1) is 5.83. The first-order valence-electron chi connectivity index (χ1n) is 4.40. The van der Waals surface area contributed by atoms with E-state index in [1.54, 1.807) is 0 Å². The van der Waals surface area contributed by atoms with Crippen LogP contribution in [0.15, 0.2) is 0 Å². The Balaban J connectivity index is 2.15. The number of carbonyl (C=O) groups is 1. The minimum absolute atomic E-state index is 0.102. The van der Waals surface area contributed by atoms with Crippen LogP contribution in [0.1, 0.15) is 6.92 Å². The maximum absolute atomic E-state index is 11.0. The zero-order chi connectivity index (χ0) is 8.81. The summed E-state index contributed by atoms with van der Waals surface area (Å²) in [6, 6.07) is 0. The number of esters is 1. The molecule has 0 unspecified atom stereocenters. The molecule has 1 N–H and O–H groups in total. The van der Waals surface area contributed by atoms with Crippen LogP contribution in [-0.2, 0) is 14.3 Å². The standard InChI is InChI=1S/C8H15NO3/c1-2-12-8(10)7-9-3-5-11-6-4-9/h2-7H2,1H3/p+1. The zero-order valence-electron chi connectivity index (χ0n) is 7.47. The molecule has 0 amide bonds. The number of hydrogen-bond donors (Lipinski definition) is 1. The zero-order valence-corrected chi connectivity index (χ0v) is 7.47. The summed E-state index contributed by atoms with van der Waals surface area (Å²) in [6.07, 6.45) is 0. The first-order valence-corrected chi connectivity index (χ1v) is 4.40. The predicted molar refractivity (Wildman–Crippen MR) is 43.0 cm³/mol. The van der Waals surface area contributed by atoms with Crippen LogP contribution >= 0.6 is 0 Å². The minimum Gasteiger partial charge on any atom is -0.462 e. The Hall–Kier alpha value is -0.610. The number of morpholine rings is 1. The second kappa shape index (κ2) is 5.11. The molecule has 70 valence electrons. The van der Waals surface area contributed by atoms with Crippen molar-refractivity contribution in [1.82, 2.24) is 0 Å². The van der Waals surface area contributed by atoms with E-state index in [1.807, 2.05) is 6.92 Å². The smallest absolute Gasteiger partial charge is 0.361 e. The molecule has 1 rings (SSSR count). The molecule has 0 spiro atoms. The van der Waals surface area contributed by atoms with E-state index in [0.717, 1.165) is 26.3 Å². The third-order valence-corrected chi connectivity index (χ3v) is 1.90. The summed E-state index contributed by atoms with van der Waals surface area (Å²) in [4.78, 5) is 12.3. The van der Waals surface area contributed by atoms with E-state index in [2.05, 4.69) is 0 Å². The Bertz CT molecular complexity index is 143. The Morgan fingerprint density at radius 3 is 2.75 bits per heavy atom. The lowest BCUT2D eigenvalue weighted by molar-refractivity contribution is -0.900. The van der Waals surface area contributed by atoms with E-state index in [9.17, 15) is 4.79 Å². The second-order valence-corrected chi connectivity index (χ2v) is 2.84. The fourth-order valence-electron chi connectivity index (χ4n) is 1.25. The number of quaternary nitrogens is 1. The summed E-state index contributed by atoms with van der Waals surface area (Å²) in [5, 5.41) is 0. The lowest BCUT2D eigenvalue weighted by atomic mass is 10.4. The Morgan fingerprint density at radius 1 is 1.50 bits per heavy atom. The van der Waals surface area contributed by atoms with Gasteiger partial charge in [-0.2, -0.15) is 0 Å². The van der Waals surface area contributed by atoms with Gasteiger partial charge in [-0.3, -0.25) is 0 Å². The van der Waals surface area contributed by atoms with Gasteiger partial charge in [0.05, 0.1) is 19.8 Å². The molecule has 0 bridgehead atoms. The van der Waals surface area contributed by atoms with Crippen LogP contribution in [0.5, 0.6) is 0 Å². The van der Waals surface area contributed by atoms with Crippen LogP contribution in [0, 0.1) is 0 Å². The highest BCUT2D eigenvalue weighted by Gasteiger charge is 2.17. The molecule has 1 heterocycles. The number of hydrogen-bond acceptors (Lipinski definition) is 3. The largest absolute Gasteiger partial charge is 0.462 e. The molecule has 1 aliphatic rings. The van der Waals surface area contributed by atoms with E-state index >= 15 is 0 Å². The van der Waals surface area contributed by atoms with Crippen LogP contribution in [0.2, 0.25) is 0 Å². The fraction of sp³-hybridized carbons (Fsp3) is 0.875. The van der Waals surface area contributed by atoms with Gasteiger partial charge in [0.1, 0.15) is 13.1 Å². The lowest BCUT2D eigenvalue weighted by Crippen LogP contribution is -3.15. The molecule has 1 saturated heterocycles. The quantitative estimate of drug-likeness (QED) is 0.527. The van der Waals surface area contributed by atoms with Crippen LogP contribution < -0.4 is 4.90 Å². The number of ether oxygens (including phenoxy) is 2. The highest BCUT2D eigenvalue weighted by Crippen LogP contribution is 1.77. The minimum atomic E-state index is -0.102. The molecule has 4 heteroatoms. The van der Waals surface area contributed by atoms with Gasteiger partial charge >= 0.3 is 5.97 Å². The van der Waals surface area contributed by atoms with Crippen LogP contribution in [0.3, 0.4) is 0 Å². The van der Waals surface area contributed by atoms with E-state index in [4.69, 9.17) is 9.47 Å². The molecule has 0 saturated carbocycles. The van der Waals surface area contributed by atoms with Crippen molar-refractivity contribution in [2.75, 3.05) is 39.5 Å². The van der Waals surface area contributed by atoms with Crippen LogP contribution in [0.4, 0.5) is 0 Å². The van der Waals surface area contributed by atoms with Gasteiger partial charge in [0, 0.05) is 0 Å². The van der Waals surface area contributed by atoms with E-state index in [1.165, 1.54) is 4.90 Å². The summed E-state index contributed by atoms with van der Waals surface area (Å²) in [5.74, 6) is -0.102. The molecule has 0 aliphatic carbocycles. The topological polar surface area (TPSA) is 40.0 Å². The van der Waals surface area contributed by atoms with Crippen molar-refractivity contribution in [2.45, 2.75) is 6.92 Å². The summed E-state index contributed by atoms with van der Waals surface area (Å²) in [7, 11) is 0. The number of carbonyl (C=O) groups excluding carboxylic acids is 1. The molecule has 0 atom stereocenters. The summed E-state index contributed by atoms with van der Waals surface area (Å²) >= 11 is 0. The molecule has 0 radical (unpaired) electrons. The van der Waals surface area contributed by atoms with Crippen molar-refractivity contribution in [3.05, 3.63) is 0 Å². The fourth-order valence-corrected chi connectivity index (χ4v) is 1.25. The van der Waals surface area contributed by atoms with Crippen molar-refractivity contribution < 1.29 is 19.2 Å². The average molecular weight is 174 g/mol. The Kier molecular flexibility index (Phi) is 4.04. The molecule has 0 aromatic rings. The highest BCUT2D eigenvalue weighted by atomic mass is 16.5. The van der Waals surface area contributed by atoms with E-state index < -0.39 is 0 Å². The van der Waals surface area contributed by atoms with Gasteiger partial charge in [-0.1, -0.05) is 0 Å². The van der Waals surface area contributed by atoms with Gasteiger partial charge in [0.25, 0.3) is 0 Å². The second-order valence-electron chi connectivity index (χ2n) is 2.84. The molecular weight excluding hydrogens is 158 g/mol. The normalized spacial score (nSPS) is 19.1. The molecular formula is C8H16NO3+. The number of rotatable bonds is 3. The number of nitrogens with one attached hydrogen (secondary N) is 1. The van der Waals surface area contributed by atoms with Crippen molar-refractivity contribution in [1.29, 1.82) is 0 Å². The summed E-state index contributed by atoms with van der Waals surface area (Å²) in [6.45, 7) is 6.13. The van der Waals surface area contributed by atoms with Crippen molar-refractivity contribution in [2.24, 2.45) is 0 Å². The molecule has 4 nitrogen and oxygen atoms in total. The van der Waals surface area contributed by atoms with Crippen molar-refractivity contribution in [3.8, 4) is 0 Å². The predicted octanol–water partition coefficient (Wildman–Crippen LogP) is -1.54. The van der Waals surface area contributed by atoms with Crippen LogP contribution in [0.25, 0.3) is 0 Å². The molecule has 12 heavy (non-hydrogen) atoms. The van der Waals surface area contributed by atoms with E-state index in [-0.39, 0.29) is 5.97 Å². The molecule has 1 fully saturated rings.